The maximum atomic E-state index is 14.7. The number of hydrogen-bond donors (Lipinski definition) is 0. The van der Waals surface area contributed by atoms with E-state index in [2.05, 4.69) is 0 Å². The van der Waals surface area contributed by atoms with Gasteiger partial charge in [-0.1, -0.05) is 6.07 Å². The molecule has 1 aromatic rings. The van der Waals surface area contributed by atoms with Crippen molar-refractivity contribution in [3.8, 4) is 0 Å². The van der Waals surface area contributed by atoms with E-state index < -0.39 is 5.60 Å². The Bertz CT molecular complexity index is 820. The van der Waals surface area contributed by atoms with Crippen LogP contribution in [0.15, 0.2) is 18.2 Å². The van der Waals surface area contributed by atoms with E-state index in [0.29, 0.717) is 36.7 Å². The van der Waals surface area contributed by atoms with Gasteiger partial charge < -0.3 is 19.3 Å². The third-order valence-corrected chi connectivity index (χ3v) is 6.60. The van der Waals surface area contributed by atoms with Gasteiger partial charge in [0.1, 0.15) is 11.4 Å². The molecule has 1 aromatic carbocycles. The van der Waals surface area contributed by atoms with Crippen LogP contribution in [0.5, 0.6) is 0 Å². The standard InChI is InChI=1S/C26H39FN2O4/c1-26(2,3)33-25(31)29-14-12-18(13-15-29)17-32-21-9-6-19(7-10-21)22-11-8-20(16-23(22)27)24(30)28(4)5/h8,11,16,18-19,21H,6-7,9-10,12-15,17H2,1-5H3/t19-,21+. The molecule has 1 saturated heterocycles. The van der Waals surface area contributed by atoms with Crippen LogP contribution in [0.4, 0.5) is 9.18 Å². The number of nitrogens with zero attached hydrogens (tertiary/aromatic N) is 2. The molecular weight excluding hydrogens is 423 g/mol. The van der Waals surface area contributed by atoms with Crippen molar-refractivity contribution in [1.29, 1.82) is 0 Å². The van der Waals surface area contributed by atoms with Crippen molar-refractivity contribution in [2.24, 2.45) is 5.92 Å². The second-order valence-electron chi connectivity index (χ2n) is 10.7. The summed E-state index contributed by atoms with van der Waals surface area (Å²) in [7, 11) is 3.33. The van der Waals surface area contributed by atoms with Gasteiger partial charge in [0.05, 0.1) is 6.10 Å². The van der Waals surface area contributed by atoms with Gasteiger partial charge >= 0.3 is 6.09 Å². The average molecular weight is 463 g/mol. The summed E-state index contributed by atoms with van der Waals surface area (Å²) < 4.78 is 26.4. The number of carbonyl (C=O) groups is 2. The van der Waals surface area contributed by atoms with Crippen molar-refractivity contribution >= 4 is 12.0 Å². The van der Waals surface area contributed by atoms with Gasteiger partial charge in [0.15, 0.2) is 0 Å². The van der Waals surface area contributed by atoms with E-state index in [4.69, 9.17) is 9.47 Å². The maximum absolute atomic E-state index is 14.7. The number of rotatable bonds is 5. The quantitative estimate of drug-likeness (QED) is 0.602. The number of benzene rings is 1. The van der Waals surface area contributed by atoms with Gasteiger partial charge in [-0.05, 0) is 88.8 Å². The molecular formula is C26H39FN2O4. The minimum atomic E-state index is -0.468. The first-order valence-corrected chi connectivity index (χ1v) is 12.1. The van der Waals surface area contributed by atoms with Crippen molar-refractivity contribution in [3.63, 3.8) is 0 Å². The van der Waals surface area contributed by atoms with E-state index >= 15 is 0 Å². The van der Waals surface area contributed by atoms with Gasteiger partial charge in [0.2, 0.25) is 0 Å². The molecule has 1 heterocycles. The number of hydrogen-bond acceptors (Lipinski definition) is 4. The molecule has 0 bridgehead atoms. The molecule has 0 aromatic heterocycles. The van der Waals surface area contributed by atoms with Crippen LogP contribution in [0.25, 0.3) is 0 Å². The number of amides is 2. The smallest absolute Gasteiger partial charge is 0.410 e. The van der Waals surface area contributed by atoms with Gasteiger partial charge in [0.25, 0.3) is 5.91 Å². The van der Waals surface area contributed by atoms with Crippen LogP contribution >= 0.6 is 0 Å². The van der Waals surface area contributed by atoms with Crippen LogP contribution in [-0.4, -0.2) is 67.3 Å². The largest absolute Gasteiger partial charge is 0.444 e. The van der Waals surface area contributed by atoms with Gasteiger partial charge in [0, 0.05) is 39.4 Å². The average Bonchev–Trinajstić information content (AvgIpc) is 2.76. The first-order valence-electron chi connectivity index (χ1n) is 12.1. The Labute approximate surface area is 197 Å². The highest BCUT2D eigenvalue weighted by Crippen LogP contribution is 2.36. The van der Waals surface area contributed by atoms with Crippen LogP contribution in [-0.2, 0) is 9.47 Å². The van der Waals surface area contributed by atoms with Crippen molar-refractivity contribution in [1.82, 2.24) is 9.80 Å². The molecule has 2 amide bonds. The summed E-state index contributed by atoms with van der Waals surface area (Å²) in [5.41, 5.74) is 0.624. The van der Waals surface area contributed by atoms with E-state index in [1.54, 1.807) is 31.1 Å². The lowest BCUT2D eigenvalue weighted by atomic mass is 9.82. The lowest BCUT2D eigenvalue weighted by Crippen LogP contribution is -2.42. The Morgan fingerprint density at radius 1 is 1.06 bits per heavy atom. The zero-order valence-electron chi connectivity index (χ0n) is 20.7. The second kappa shape index (κ2) is 10.9. The molecule has 0 atom stereocenters. The molecule has 6 nitrogen and oxygen atoms in total. The zero-order valence-corrected chi connectivity index (χ0v) is 20.7. The number of piperidine rings is 1. The fourth-order valence-electron chi connectivity index (χ4n) is 4.67. The fourth-order valence-corrected chi connectivity index (χ4v) is 4.67. The van der Waals surface area contributed by atoms with Crippen molar-refractivity contribution in [2.45, 2.75) is 76.9 Å². The maximum Gasteiger partial charge on any atom is 0.410 e. The van der Waals surface area contributed by atoms with Crippen molar-refractivity contribution < 1.29 is 23.5 Å². The fraction of sp³-hybridized carbons (Fsp3) is 0.692. The predicted molar refractivity (Wildman–Crippen MR) is 126 cm³/mol. The van der Waals surface area contributed by atoms with Gasteiger partial charge in [-0.2, -0.15) is 0 Å². The summed E-state index contributed by atoms with van der Waals surface area (Å²) in [6.45, 7) is 7.79. The first-order chi connectivity index (χ1) is 15.5. The Morgan fingerprint density at radius 3 is 2.24 bits per heavy atom. The lowest BCUT2D eigenvalue weighted by molar-refractivity contribution is -0.0144. The van der Waals surface area contributed by atoms with Gasteiger partial charge in [-0.25, -0.2) is 9.18 Å². The molecule has 184 valence electrons. The van der Waals surface area contributed by atoms with Crippen LogP contribution < -0.4 is 0 Å². The van der Waals surface area contributed by atoms with E-state index in [9.17, 15) is 14.0 Å². The first kappa shape index (κ1) is 25.5. The highest BCUT2D eigenvalue weighted by atomic mass is 19.1. The highest BCUT2D eigenvalue weighted by molar-refractivity contribution is 5.93. The monoisotopic (exact) mass is 462 g/mol. The summed E-state index contributed by atoms with van der Waals surface area (Å²) in [6, 6.07) is 4.87. The summed E-state index contributed by atoms with van der Waals surface area (Å²) in [6.07, 6.45) is 5.45. The summed E-state index contributed by atoms with van der Waals surface area (Å²) in [5.74, 6) is 0.157. The van der Waals surface area contributed by atoms with E-state index in [1.807, 2.05) is 20.8 Å². The molecule has 0 spiro atoms. The molecule has 2 aliphatic rings. The molecule has 1 saturated carbocycles. The molecule has 3 rings (SSSR count). The molecule has 1 aliphatic carbocycles. The summed E-state index contributed by atoms with van der Waals surface area (Å²) >= 11 is 0. The topological polar surface area (TPSA) is 59.1 Å². The minimum absolute atomic E-state index is 0.172. The van der Waals surface area contributed by atoms with Crippen molar-refractivity contribution in [3.05, 3.63) is 35.1 Å². The number of likely N-dealkylation sites (tertiary alicyclic amines) is 1. The number of carbonyl (C=O) groups excluding carboxylic acids is 2. The Kier molecular flexibility index (Phi) is 8.38. The normalized spacial score (nSPS) is 22.2. The van der Waals surface area contributed by atoms with E-state index in [-0.39, 0.29) is 29.8 Å². The summed E-state index contributed by atoms with van der Waals surface area (Å²) in [5, 5.41) is 0. The SMILES string of the molecule is CN(C)C(=O)c1ccc([C@H]2CC[C@@H](OCC3CCN(C(=O)OC(C)(C)C)CC3)CC2)c(F)c1. The third-order valence-electron chi connectivity index (χ3n) is 6.60. The Balaban J connectivity index is 1.40. The van der Waals surface area contributed by atoms with Gasteiger partial charge in [-0.3, -0.25) is 4.79 Å². The third kappa shape index (κ3) is 7.16. The molecule has 0 unspecified atom stereocenters. The van der Waals surface area contributed by atoms with E-state index in [0.717, 1.165) is 38.5 Å². The molecule has 0 N–H and O–H groups in total. The molecule has 0 radical (unpaired) electrons. The predicted octanol–water partition coefficient (Wildman–Crippen LogP) is 5.22. The van der Waals surface area contributed by atoms with Gasteiger partial charge in [-0.15, -0.1) is 0 Å². The second-order valence-corrected chi connectivity index (χ2v) is 10.7. The molecule has 2 fully saturated rings. The van der Waals surface area contributed by atoms with E-state index in [1.165, 1.54) is 11.0 Å². The number of halogens is 1. The lowest BCUT2D eigenvalue weighted by Gasteiger charge is -2.34. The van der Waals surface area contributed by atoms with Crippen LogP contribution in [0.3, 0.4) is 0 Å². The Morgan fingerprint density at radius 2 is 1.70 bits per heavy atom. The van der Waals surface area contributed by atoms with Crippen LogP contribution in [0.2, 0.25) is 0 Å². The minimum Gasteiger partial charge on any atom is -0.444 e. The molecule has 7 heteroatoms. The zero-order chi connectivity index (χ0) is 24.2. The summed E-state index contributed by atoms with van der Waals surface area (Å²) in [4.78, 5) is 27.5. The van der Waals surface area contributed by atoms with Crippen LogP contribution in [0, 0.1) is 11.7 Å². The molecule has 1 aliphatic heterocycles. The molecule has 33 heavy (non-hydrogen) atoms. The van der Waals surface area contributed by atoms with Crippen LogP contribution in [0.1, 0.15) is 81.1 Å². The number of ether oxygens (including phenoxy) is 2. The van der Waals surface area contributed by atoms with Crippen molar-refractivity contribution in [2.75, 3.05) is 33.8 Å². The highest BCUT2D eigenvalue weighted by Gasteiger charge is 2.29. The Hall–Kier alpha value is -2.15.